The van der Waals surface area contributed by atoms with Gasteiger partial charge in [-0.05, 0) is 27.7 Å². The van der Waals surface area contributed by atoms with Gasteiger partial charge in [-0.3, -0.25) is 4.99 Å². The summed E-state index contributed by atoms with van der Waals surface area (Å²) < 4.78 is 22.3. The lowest BCUT2D eigenvalue weighted by molar-refractivity contribution is 0.588. The summed E-state index contributed by atoms with van der Waals surface area (Å²) >= 11 is 0. The fraction of sp³-hybridized carbons (Fsp3) is 0.857. The molecule has 3 nitrogen and oxygen atoms in total. The van der Waals surface area contributed by atoms with Crippen molar-refractivity contribution in [1.29, 1.82) is 0 Å². The maximum absolute atomic E-state index is 11.1. The van der Waals surface area contributed by atoms with Gasteiger partial charge in [-0.15, -0.1) is 0 Å². The topological polar surface area (TPSA) is 46.5 Å². The van der Waals surface area contributed by atoms with Gasteiger partial charge in [0.2, 0.25) is 0 Å². The van der Waals surface area contributed by atoms with E-state index in [9.17, 15) is 8.42 Å². The predicted molar refractivity (Wildman–Crippen MR) is 47.7 cm³/mol. The summed E-state index contributed by atoms with van der Waals surface area (Å²) in [4.78, 5) is 3.85. The van der Waals surface area contributed by atoms with Crippen LogP contribution in [0.25, 0.3) is 0 Å². The summed E-state index contributed by atoms with van der Waals surface area (Å²) in [6, 6.07) is 0. The van der Waals surface area contributed by atoms with E-state index in [1.807, 2.05) is 0 Å². The minimum Gasteiger partial charge on any atom is -0.279 e. The molecular weight excluding hydrogens is 162 g/mol. The fourth-order valence-electron chi connectivity index (χ4n) is 0.368. The highest BCUT2D eigenvalue weighted by atomic mass is 32.2. The van der Waals surface area contributed by atoms with E-state index in [0.29, 0.717) is 0 Å². The van der Waals surface area contributed by atoms with Crippen LogP contribution in [0.5, 0.6) is 0 Å². The normalized spacial score (nSPS) is 11.7. The van der Waals surface area contributed by atoms with Crippen LogP contribution in [0.4, 0.5) is 0 Å². The molecule has 0 aromatic carbocycles. The van der Waals surface area contributed by atoms with Gasteiger partial charge in [0.05, 0.1) is 5.25 Å². The number of nitrogens with zero attached hydrogens (tertiary/aromatic N) is 1. The minimum absolute atomic E-state index is 0.0764. The SMILES string of the molecule is CC(C)=NCS(=O)(=O)C(C)C. The van der Waals surface area contributed by atoms with Crippen LogP contribution in [0.2, 0.25) is 0 Å². The van der Waals surface area contributed by atoms with Crippen LogP contribution in [-0.4, -0.2) is 25.3 Å². The van der Waals surface area contributed by atoms with Crippen molar-refractivity contribution in [3.63, 3.8) is 0 Å². The van der Waals surface area contributed by atoms with Crippen LogP contribution in [0.3, 0.4) is 0 Å². The Bertz CT molecular complexity index is 235. The van der Waals surface area contributed by atoms with Gasteiger partial charge in [-0.1, -0.05) is 0 Å². The van der Waals surface area contributed by atoms with Gasteiger partial charge in [0.1, 0.15) is 5.88 Å². The lowest BCUT2D eigenvalue weighted by Gasteiger charge is -2.03. The summed E-state index contributed by atoms with van der Waals surface area (Å²) in [5.74, 6) is -0.0764. The molecule has 0 radical (unpaired) electrons. The second kappa shape index (κ2) is 3.85. The number of hydrogen-bond donors (Lipinski definition) is 0. The van der Waals surface area contributed by atoms with Gasteiger partial charge in [0, 0.05) is 5.71 Å². The van der Waals surface area contributed by atoms with Crippen LogP contribution in [0.1, 0.15) is 27.7 Å². The Balaban J connectivity index is 4.28. The molecule has 0 rings (SSSR count). The second-order valence-corrected chi connectivity index (χ2v) is 5.47. The molecule has 0 unspecified atom stereocenters. The maximum atomic E-state index is 11.1. The summed E-state index contributed by atoms with van der Waals surface area (Å²) in [5, 5.41) is -0.328. The highest BCUT2D eigenvalue weighted by molar-refractivity contribution is 7.91. The highest BCUT2D eigenvalue weighted by Crippen LogP contribution is 2.00. The standard InChI is InChI=1S/C7H15NO2S/c1-6(2)8-5-11(9,10)7(3)4/h7H,5H2,1-4H3. The van der Waals surface area contributed by atoms with Gasteiger partial charge < -0.3 is 0 Å². The largest absolute Gasteiger partial charge is 0.279 e. The molecule has 0 amide bonds. The van der Waals surface area contributed by atoms with Crippen molar-refractivity contribution in [3.8, 4) is 0 Å². The van der Waals surface area contributed by atoms with Crippen molar-refractivity contribution >= 4 is 15.5 Å². The molecule has 0 fully saturated rings. The zero-order chi connectivity index (χ0) is 9.07. The van der Waals surface area contributed by atoms with Gasteiger partial charge in [-0.25, -0.2) is 8.42 Å². The molecule has 0 bridgehead atoms. The molecule has 0 spiro atoms. The molecule has 0 saturated carbocycles. The lowest BCUT2D eigenvalue weighted by atomic mass is 10.5. The Labute approximate surface area is 68.4 Å². The van der Waals surface area contributed by atoms with Crippen LogP contribution < -0.4 is 0 Å². The Morgan fingerprint density at radius 2 is 1.82 bits per heavy atom. The molecule has 0 saturated heterocycles. The predicted octanol–water partition coefficient (Wildman–Crippen LogP) is 1.25. The van der Waals surface area contributed by atoms with Crippen LogP contribution in [0, 0.1) is 0 Å². The van der Waals surface area contributed by atoms with E-state index in [4.69, 9.17) is 0 Å². The summed E-state index contributed by atoms with van der Waals surface area (Å²) in [6.07, 6.45) is 0. The lowest BCUT2D eigenvalue weighted by Crippen LogP contribution is -2.16. The third-order valence-corrected chi connectivity index (χ3v) is 3.20. The van der Waals surface area contributed by atoms with Gasteiger partial charge >= 0.3 is 0 Å². The monoisotopic (exact) mass is 177 g/mol. The van der Waals surface area contributed by atoms with Crippen molar-refractivity contribution in [2.24, 2.45) is 4.99 Å². The van der Waals surface area contributed by atoms with Crippen molar-refractivity contribution in [2.45, 2.75) is 32.9 Å². The zero-order valence-electron chi connectivity index (χ0n) is 7.46. The first kappa shape index (κ1) is 10.6. The molecule has 0 aliphatic carbocycles. The summed E-state index contributed by atoms with van der Waals surface area (Å²) in [7, 11) is -2.98. The van der Waals surface area contributed by atoms with E-state index < -0.39 is 9.84 Å². The van der Waals surface area contributed by atoms with Crippen LogP contribution in [-0.2, 0) is 9.84 Å². The van der Waals surface area contributed by atoms with E-state index in [2.05, 4.69) is 4.99 Å². The van der Waals surface area contributed by atoms with Gasteiger partial charge in [-0.2, -0.15) is 0 Å². The Kier molecular flexibility index (Phi) is 3.72. The Morgan fingerprint density at radius 1 is 1.36 bits per heavy atom. The fourth-order valence-corrected chi connectivity index (χ4v) is 1.10. The minimum atomic E-state index is -2.98. The highest BCUT2D eigenvalue weighted by Gasteiger charge is 2.14. The molecule has 0 aliphatic rings. The molecule has 0 N–H and O–H groups in total. The average molecular weight is 177 g/mol. The number of hydrogen-bond acceptors (Lipinski definition) is 3. The maximum Gasteiger partial charge on any atom is 0.172 e. The van der Waals surface area contributed by atoms with E-state index in [1.54, 1.807) is 27.7 Å². The van der Waals surface area contributed by atoms with E-state index in [-0.39, 0.29) is 11.1 Å². The molecule has 0 heterocycles. The molecular formula is C7H15NO2S. The van der Waals surface area contributed by atoms with E-state index >= 15 is 0 Å². The summed E-state index contributed by atoms with van der Waals surface area (Å²) in [6.45, 7) is 6.90. The molecule has 0 aromatic heterocycles. The smallest absolute Gasteiger partial charge is 0.172 e. The van der Waals surface area contributed by atoms with E-state index in [1.165, 1.54) is 0 Å². The second-order valence-electron chi connectivity index (χ2n) is 2.95. The van der Waals surface area contributed by atoms with Gasteiger partial charge in [0.15, 0.2) is 9.84 Å². The number of sulfone groups is 1. The van der Waals surface area contributed by atoms with Gasteiger partial charge in [0.25, 0.3) is 0 Å². The number of rotatable bonds is 3. The third kappa shape index (κ3) is 4.14. The average Bonchev–Trinajstić information content (AvgIpc) is 1.84. The molecule has 4 heteroatoms. The molecule has 0 aliphatic heterocycles. The quantitative estimate of drug-likeness (QED) is 0.609. The Hall–Kier alpha value is -0.380. The first-order valence-electron chi connectivity index (χ1n) is 3.55. The van der Waals surface area contributed by atoms with E-state index in [0.717, 1.165) is 5.71 Å². The van der Waals surface area contributed by atoms with Crippen molar-refractivity contribution in [3.05, 3.63) is 0 Å². The zero-order valence-corrected chi connectivity index (χ0v) is 8.27. The first-order valence-corrected chi connectivity index (χ1v) is 5.27. The molecule has 11 heavy (non-hydrogen) atoms. The van der Waals surface area contributed by atoms with Crippen molar-refractivity contribution in [1.82, 2.24) is 0 Å². The molecule has 66 valence electrons. The van der Waals surface area contributed by atoms with Crippen molar-refractivity contribution < 1.29 is 8.42 Å². The third-order valence-electron chi connectivity index (χ3n) is 1.28. The number of aliphatic imine (C=N–C) groups is 1. The Morgan fingerprint density at radius 3 is 2.09 bits per heavy atom. The molecule has 0 atom stereocenters. The van der Waals surface area contributed by atoms with Crippen LogP contribution in [0.15, 0.2) is 4.99 Å². The summed E-state index contributed by atoms with van der Waals surface area (Å²) in [5.41, 5.74) is 0.800. The van der Waals surface area contributed by atoms with Crippen molar-refractivity contribution in [2.75, 3.05) is 5.88 Å². The molecule has 0 aromatic rings. The first-order chi connectivity index (χ1) is 4.86. The van der Waals surface area contributed by atoms with Crippen LogP contribution >= 0.6 is 0 Å².